The summed E-state index contributed by atoms with van der Waals surface area (Å²) >= 11 is 1.75. The highest BCUT2D eigenvalue weighted by atomic mass is 32.1. The minimum absolute atomic E-state index is 0.192. The van der Waals surface area contributed by atoms with Gasteiger partial charge in [0.05, 0.1) is 6.04 Å². The highest BCUT2D eigenvalue weighted by molar-refractivity contribution is 7.10. The third-order valence-corrected chi connectivity index (χ3v) is 6.18. The molecule has 6 heteroatoms. The van der Waals surface area contributed by atoms with E-state index in [1.807, 2.05) is 30.3 Å². The summed E-state index contributed by atoms with van der Waals surface area (Å²) in [6, 6.07) is 15.9. The van der Waals surface area contributed by atoms with Crippen LogP contribution in [-0.4, -0.2) is 35.6 Å². The number of hydrogen-bond donors (Lipinski definition) is 1. The maximum atomic E-state index is 12.7. The van der Waals surface area contributed by atoms with E-state index in [0.717, 1.165) is 18.7 Å². The van der Waals surface area contributed by atoms with Gasteiger partial charge in [-0.25, -0.2) is 0 Å². The van der Waals surface area contributed by atoms with Crippen LogP contribution in [0.3, 0.4) is 0 Å². The van der Waals surface area contributed by atoms with Crippen LogP contribution in [0.2, 0.25) is 0 Å². The molecule has 4 rings (SSSR count). The Kier molecular flexibility index (Phi) is 6.19. The minimum Gasteiger partial charge on any atom is -0.355 e. The Morgan fingerprint density at radius 3 is 2.61 bits per heavy atom. The summed E-state index contributed by atoms with van der Waals surface area (Å²) < 4.78 is 5.36. The molecule has 1 aliphatic heterocycles. The summed E-state index contributed by atoms with van der Waals surface area (Å²) in [5.41, 5.74) is 1.23. The standard InChI is InChI=1S/C22H25N3O2S/c26-22(18-15-20(27-24-18)17-9-4-3-5-10-17)23-16-19(21-11-8-14-28-21)25-12-6-1-2-7-13-25/h3-5,8-11,14-15,19H,1-2,6-7,12-13,16H2,(H,23,26)/t19-/m1/s1. The first kappa shape index (κ1) is 18.9. The molecule has 1 amide bonds. The average Bonchev–Trinajstić information content (AvgIpc) is 3.37. The molecule has 0 aliphatic carbocycles. The fourth-order valence-electron chi connectivity index (χ4n) is 3.70. The number of carbonyl (C=O) groups is 1. The second kappa shape index (κ2) is 9.17. The Hall–Kier alpha value is -2.44. The molecule has 3 heterocycles. The van der Waals surface area contributed by atoms with Gasteiger partial charge in [0.15, 0.2) is 11.5 Å². The van der Waals surface area contributed by atoms with E-state index in [1.54, 1.807) is 17.4 Å². The van der Waals surface area contributed by atoms with Crippen LogP contribution >= 0.6 is 11.3 Å². The number of aromatic nitrogens is 1. The summed E-state index contributed by atoms with van der Waals surface area (Å²) in [6.07, 6.45) is 5.03. The molecular formula is C22H25N3O2S. The molecule has 0 saturated carbocycles. The fraction of sp³-hybridized carbons (Fsp3) is 0.364. The summed E-state index contributed by atoms with van der Waals surface area (Å²) in [4.78, 5) is 16.5. The molecule has 0 bridgehead atoms. The van der Waals surface area contributed by atoms with Crippen LogP contribution in [0.15, 0.2) is 58.4 Å². The van der Waals surface area contributed by atoms with Crippen molar-refractivity contribution in [3.63, 3.8) is 0 Å². The number of thiophene rings is 1. The molecule has 1 aliphatic rings. The van der Waals surface area contributed by atoms with E-state index >= 15 is 0 Å². The Balaban J connectivity index is 1.43. The maximum Gasteiger partial charge on any atom is 0.273 e. The van der Waals surface area contributed by atoms with Crippen molar-refractivity contribution < 1.29 is 9.32 Å². The van der Waals surface area contributed by atoms with Crippen LogP contribution in [0.4, 0.5) is 0 Å². The molecule has 1 atom stereocenters. The second-order valence-electron chi connectivity index (χ2n) is 7.13. The summed E-state index contributed by atoms with van der Waals surface area (Å²) in [5, 5.41) is 9.14. The molecule has 1 aromatic carbocycles. The van der Waals surface area contributed by atoms with Crippen LogP contribution in [0.5, 0.6) is 0 Å². The van der Waals surface area contributed by atoms with E-state index in [0.29, 0.717) is 18.0 Å². The van der Waals surface area contributed by atoms with Gasteiger partial charge in [-0.05, 0) is 37.4 Å². The lowest BCUT2D eigenvalue weighted by atomic mass is 10.1. The van der Waals surface area contributed by atoms with Gasteiger partial charge in [0.1, 0.15) is 0 Å². The van der Waals surface area contributed by atoms with Gasteiger partial charge in [0.2, 0.25) is 0 Å². The predicted octanol–water partition coefficient (Wildman–Crippen LogP) is 4.75. The van der Waals surface area contributed by atoms with Gasteiger partial charge in [-0.3, -0.25) is 9.69 Å². The summed E-state index contributed by atoms with van der Waals surface area (Å²) in [5.74, 6) is 0.412. The van der Waals surface area contributed by atoms with Crippen LogP contribution in [-0.2, 0) is 0 Å². The third-order valence-electron chi connectivity index (χ3n) is 5.21. The van der Waals surface area contributed by atoms with Gasteiger partial charge in [-0.2, -0.15) is 0 Å². The second-order valence-corrected chi connectivity index (χ2v) is 8.11. The maximum absolute atomic E-state index is 12.7. The number of rotatable bonds is 6. The number of likely N-dealkylation sites (tertiary alicyclic amines) is 1. The smallest absolute Gasteiger partial charge is 0.273 e. The molecule has 1 fully saturated rings. The first-order valence-corrected chi connectivity index (χ1v) is 10.8. The van der Waals surface area contributed by atoms with Crippen LogP contribution in [0.1, 0.15) is 47.1 Å². The van der Waals surface area contributed by atoms with Gasteiger partial charge in [0, 0.05) is 23.1 Å². The average molecular weight is 396 g/mol. The molecule has 1 N–H and O–H groups in total. The van der Waals surface area contributed by atoms with Gasteiger partial charge >= 0.3 is 0 Å². The molecule has 5 nitrogen and oxygen atoms in total. The zero-order valence-corrected chi connectivity index (χ0v) is 16.7. The van der Waals surface area contributed by atoms with Crippen LogP contribution in [0.25, 0.3) is 11.3 Å². The molecule has 28 heavy (non-hydrogen) atoms. The monoisotopic (exact) mass is 395 g/mol. The van der Waals surface area contributed by atoms with Crippen molar-refractivity contribution in [1.82, 2.24) is 15.4 Å². The molecule has 0 spiro atoms. The topological polar surface area (TPSA) is 58.4 Å². The Labute approximate surface area is 169 Å². The normalized spacial score (nSPS) is 16.4. The molecular weight excluding hydrogens is 370 g/mol. The number of amides is 1. The Morgan fingerprint density at radius 2 is 1.89 bits per heavy atom. The quantitative estimate of drug-likeness (QED) is 0.654. The SMILES string of the molecule is O=C(NC[C@H](c1cccs1)N1CCCCCC1)c1cc(-c2ccccc2)on1. The van der Waals surface area contributed by atoms with Crippen LogP contribution < -0.4 is 5.32 Å². The lowest BCUT2D eigenvalue weighted by molar-refractivity contribution is 0.0925. The number of hydrogen-bond acceptors (Lipinski definition) is 5. The third kappa shape index (κ3) is 4.51. The van der Waals surface area contributed by atoms with Crippen molar-refractivity contribution in [2.24, 2.45) is 0 Å². The Morgan fingerprint density at radius 1 is 1.11 bits per heavy atom. The minimum atomic E-state index is -0.192. The highest BCUT2D eigenvalue weighted by Crippen LogP contribution is 2.27. The highest BCUT2D eigenvalue weighted by Gasteiger charge is 2.24. The molecule has 3 aromatic rings. The zero-order valence-electron chi connectivity index (χ0n) is 15.8. The molecule has 0 radical (unpaired) electrons. The van der Waals surface area contributed by atoms with Gasteiger partial charge < -0.3 is 9.84 Å². The van der Waals surface area contributed by atoms with Gasteiger partial charge in [-0.15, -0.1) is 11.3 Å². The largest absolute Gasteiger partial charge is 0.355 e. The van der Waals surface area contributed by atoms with E-state index in [1.165, 1.54) is 30.6 Å². The summed E-state index contributed by atoms with van der Waals surface area (Å²) in [6.45, 7) is 2.74. The lowest BCUT2D eigenvalue weighted by Gasteiger charge is -2.30. The predicted molar refractivity (Wildman–Crippen MR) is 111 cm³/mol. The lowest BCUT2D eigenvalue weighted by Crippen LogP contribution is -2.38. The molecule has 0 unspecified atom stereocenters. The van der Waals surface area contributed by atoms with E-state index in [4.69, 9.17) is 4.52 Å². The van der Waals surface area contributed by atoms with E-state index < -0.39 is 0 Å². The van der Waals surface area contributed by atoms with Crippen molar-refractivity contribution in [2.45, 2.75) is 31.7 Å². The number of nitrogens with zero attached hydrogens (tertiary/aromatic N) is 2. The number of carbonyl (C=O) groups excluding carboxylic acids is 1. The van der Waals surface area contributed by atoms with Crippen molar-refractivity contribution in [2.75, 3.05) is 19.6 Å². The number of benzene rings is 1. The van der Waals surface area contributed by atoms with E-state index in [9.17, 15) is 4.79 Å². The van der Waals surface area contributed by atoms with Crippen molar-refractivity contribution in [3.05, 3.63) is 64.5 Å². The molecule has 1 saturated heterocycles. The van der Waals surface area contributed by atoms with Crippen molar-refractivity contribution in [1.29, 1.82) is 0 Å². The van der Waals surface area contributed by atoms with Crippen molar-refractivity contribution >= 4 is 17.2 Å². The van der Waals surface area contributed by atoms with Crippen LogP contribution in [0, 0.1) is 0 Å². The molecule has 2 aromatic heterocycles. The number of nitrogens with one attached hydrogen (secondary N) is 1. The zero-order chi connectivity index (χ0) is 19.2. The Bertz CT molecular complexity index is 868. The van der Waals surface area contributed by atoms with Crippen molar-refractivity contribution in [3.8, 4) is 11.3 Å². The molecule has 146 valence electrons. The first-order valence-electron chi connectivity index (χ1n) is 9.89. The van der Waals surface area contributed by atoms with Gasteiger partial charge in [0.25, 0.3) is 5.91 Å². The fourth-order valence-corrected chi connectivity index (χ4v) is 4.56. The summed E-state index contributed by atoms with van der Waals surface area (Å²) in [7, 11) is 0. The van der Waals surface area contributed by atoms with E-state index in [2.05, 4.69) is 32.9 Å². The van der Waals surface area contributed by atoms with E-state index in [-0.39, 0.29) is 11.9 Å². The first-order chi connectivity index (χ1) is 13.8. The van der Waals surface area contributed by atoms with Gasteiger partial charge in [-0.1, -0.05) is 54.4 Å².